The standard InChI is InChI=1S/C48H78O20/c1-19-10-11-48(13-12-46(6)22(28(48)20(19)2)8-9-27-44(4)14-24(52)39(61)45(5,18-50)38(44)23(51)15-47(27,46)7)43(62)68-42-35(59)32(56)30(54)26(66-42)17-63-40-36(60)33(57)37(25(16-49)65-40)67-41-34(58)31(55)29(53)21(3)64-41/h8,19-21,23-42,49-61H,9-18H2,1-7H3/t19-,20+,21-,23-,24-,25-,26+,27-,28+,29+,30-,31-,32+,33-,34-,35-,36-,37-,38-,39+,40-,41+,42-,44-,45+,46-,47-,48+/m1/s1. The molecule has 5 aliphatic carbocycles. The van der Waals surface area contributed by atoms with E-state index in [0.29, 0.717) is 38.5 Å². The van der Waals surface area contributed by atoms with Gasteiger partial charge in [0.05, 0.1) is 49.7 Å². The minimum absolute atomic E-state index is 0.0115. The Morgan fingerprint density at radius 3 is 2.00 bits per heavy atom. The highest BCUT2D eigenvalue weighted by molar-refractivity contribution is 5.79. The molecule has 7 fully saturated rings. The van der Waals surface area contributed by atoms with Crippen LogP contribution in [-0.4, -0.2) is 203 Å². The Morgan fingerprint density at radius 2 is 1.34 bits per heavy atom. The second-order valence-corrected chi connectivity index (χ2v) is 23.1. The summed E-state index contributed by atoms with van der Waals surface area (Å²) < 4.78 is 34.6. The Labute approximate surface area is 396 Å². The molecule has 8 rings (SSSR count). The third kappa shape index (κ3) is 7.89. The quantitative estimate of drug-likeness (QED) is 0.0873. The van der Waals surface area contributed by atoms with E-state index in [0.717, 1.165) is 5.57 Å². The van der Waals surface area contributed by atoms with Crippen LogP contribution in [0.2, 0.25) is 0 Å². The molecule has 0 spiro atoms. The number of rotatable bonds is 9. The SMILES string of the molecule is C[C@H]1[C@H](C)CC[C@]2(C(=O)O[C@H]3O[C@@H](CO[C@@H]4O[C@H](CO)[C@@H](O[C@@H]5O[C@H](C)[C@H](O)[C@@H](O)[C@H]5O)[C@H](O)[C@H]4O)[C@@H](O)[C@H](O)[C@H]3O)CC[C@]3(C)C(=CC[C@@H]4[C@@]5(C)C[C@@H](O)[C@H](O)[C@@](C)(CO)[C@@H]5[C@H](O)C[C@]43C)[C@H]12. The van der Waals surface area contributed by atoms with Gasteiger partial charge < -0.3 is 94.8 Å². The zero-order valence-corrected chi connectivity index (χ0v) is 40.1. The fourth-order valence-electron chi connectivity index (χ4n) is 15.4. The molecule has 0 radical (unpaired) electrons. The lowest BCUT2D eigenvalue weighted by Crippen LogP contribution is -2.71. The van der Waals surface area contributed by atoms with E-state index < -0.39 is 169 Å². The van der Waals surface area contributed by atoms with Crippen LogP contribution in [0.15, 0.2) is 11.6 Å². The topological polar surface area (TPSA) is 335 Å². The molecule has 0 bridgehead atoms. The molecule has 3 saturated heterocycles. The summed E-state index contributed by atoms with van der Waals surface area (Å²) >= 11 is 0. The lowest BCUT2D eigenvalue weighted by Gasteiger charge is -2.72. The van der Waals surface area contributed by atoms with Crippen molar-refractivity contribution in [1.82, 2.24) is 0 Å². The van der Waals surface area contributed by atoms with Crippen molar-refractivity contribution in [2.75, 3.05) is 19.8 Å². The van der Waals surface area contributed by atoms with Gasteiger partial charge in [0.1, 0.15) is 67.1 Å². The summed E-state index contributed by atoms with van der Waals surface area (Å²) in [7, 11) is 0. The predicted molar refractivity (Wildman–Crippen MR) is 233 cm³/mol. The van der Waals surface area contributed by atoms with Crippen LogP contribution in [0.25, 0.3) is 0 Å². The zero-order chi connectivity index (χ0) is 50.0. The second-order valence-electron chi connectivity index (χ2n) is 23.1. The summed E-state index contributed by atoms with van der Waals surface area (Å²) in [5.41, 5.74) is -2.84. The number of carbonyl (C=O) groups is 1. The van der Waals surface area contributed by atoms with Crippen molar-refractivity contribution in [3.05, 3.63) is 11.6 Å². The number of hydrogen-bond acceptors (Lipinski definition) is 20. The Balaban J connectivity index is 0.994. The van der Waals surface area contributed by atoms with Crippen molar-refractivity contribution in [2.24, 2.45) is 56.7 Å². The van der Waals surface area contributed by atoms with Gasteiger partial charge in [-0.2, -0.15) is 0 Å². The summed E-state index contributed by atoms with van der Waals surface area (Å²) in [5, 5.41) is 142. The summed E-state index contributed by atoms with van der Waals surface area (Å²) in [4.78, 5) is 15.0. The van der Waals surface area contributed by atoms with Crippen molar-refractivity contribution >= 4 is 5.97 Å². The third-order valence-electron chi connectivity index (χ3n) is 19.6. The summed E-state index contributed by atoms with van der Waals surface area (Å²) in [5.74, 6) is -1.31. The number of hydrogen-bond donors (Lipinski definition) is 13. The van der Waals surface area contributed by atoms with E-state index in [9.17, 15) is 66.4 Å². The highest BCUT2D eigenvalue weighted by Gasteiger charge is 2.73. The van der Waals surface area contributed by atoms with Gasteiger partial charge in [0, 0.05) is 11.3 Å². The molecule has 0 unspecified atom stereocenters. The molecule has 0 aromatic heterocycles. The van der Waals surface area contributed by atoms with Crippen molar-refractivity contribution in [3.8, 4) is 0 Å². The van der Waals surface area contributed by atoms with Crippen LogP contribution in [0, 0.1) is 56.7 Å². The van der Waals surface area contributed by atoms with Gasteiger partial charge in [0.25, 0.3) is 0 Å². The van der Waals surface area contributed by atoms with Gasteiger partial charge in [0.2, 0.25) is 6.29 Å². The second kappa shape index (κ2) is 18.8. The van der Waals surface area contributed by atoms with Gasteiger partial charge in [-0.15, -0.1) is 0 Å². The Hall–Kier alpha value is -1.51. The fraction of sp³-hybridized carbons (Fsp3) is 0.938. The number of fused-ring (bicyclic) bond motifs is 7. The van der Waals surface area contributed by atoms with Crippen LogP contribution in [0.4, 0.5) is 0 Å². The van der Waals surface area contributed by atoms with Crippen LogP contribution < -0.4 is 0 Å². The van der Waals surface area contributed by atoms with E-state index >= 15 is 4.79 Å². The summed E-state index contributed by atoms with van der Waals surface area (Å²) in [6.45, 7) is 12.1. The van der Waals surface area contributed by atoms with Crippen molar-refractivity contribution in [3.63, 3.8) is 0 Å². The van der Waals surface area contributed by atoms with Gasteiger partial charge in [-0.3, -0.25) is 4.79 Å². The monoisotopic (exact) mass is 975 g/mol. The van der Waals surface area contributed by atoms with Gasteiger partial charge in [-0.05, 0) is 91.8 Å². The lowest BCUT2D eigenvalue weighted by atomic mass is 9.32. The summed E-state index contributed by atoms with van der Waals surface area (Å²) in [6.07, 6.45) is -22.3. The van der Waals surface area contributed by atoms with Crippen LogP contribution in [0.1, 0.15) is 93.4 Å². The van der Waals surface area contributed by atoms with E-state index in [1.807, 2.05) is 0 Å². The fourth-order valence-corrected chi connectivity index (χ4v) is 15.4. The van der Waals surface area contributed by atoms with Crippen molar-refractivity contribution in [2.45, 2.75) is 204 Å². The maximum atomic E-state index is 15.0. The molecular weight excluding hydrogens is 897 g/mol. The molecule has 68 heavy (non-hydrogen) atoms. The zero-order valence-electron chi connectivity index (χ0n) is 40.1. The molecule has 3 aliphatic heterocycles. The van der Waals surface area contributed by atoms with Gasteiger partial charge in [-0.1, -0.05) is 53.2 Å². The Bertz CT molecular complexity index is 1860. The maximum Gasteiger partial charge on any atom is 0.315 e. The summed E-state index contributed by atoms with van der Waals surface area (Å²) in [6, 6.07) is 0. The first-order valence-electron chi connectivity index (χ1n) is 24.6. The molecule has 13 N–H and O–H groups in total. The molecule has 8 aliphatic rings. The molecule has 0 aromatic rings. The van der Waals surface area contributed by atoms with Gasteiger partial charge >= 0.3 is 5.97 Å². The lowest BCUT2D eigenvalue weighted by molar-refractivity contribution is -0.361. The molecule has 0 amide bonds. The number of aliphatic hydroxyl groups excluding tert-OH is 13. The maximum absolute atomic E-state index is 15.0. The molecule has 28 atom stereocenters. The average Bonchev–Trinajstić information content (AvgIpc) is 3.29. The molecular formula is C48H78O20. The minimum atomic E-state index is -1.89. The molecule has 0 aromatic carbocycles. The Kier molecular flexibility index (Phi) is 14.6. The van der Waals surface area contributed by atoms with E-state index in [4.69, 9.17) is 28.4 Å². The minimum Gasteiger partial charge on any atom is -0.432 e. The van der Waals surface area contributed by atoms with E-state index in [2.05, 4.69) is 40.7 Å². The molecule has 20 heteroatoms. The highest BCUT2D eigenvalue weighted by Crippen LogP contribution is 2.76. The normalized spacial score (nSPS) is 57.1. The molecule has 20 nitrogen and oxygen atoms in total. The first-order valence-corrected chi connectivity index (χ1v) is 24.6. The van der Waals surface area contributed by atoms with Crippen LogP contribution in [0.3, 0.4) is 0 Å². The number of aliphatic hydroxyl groups is 13. The third-order valence-corrected chi connectivity index (χ3v) is 19.6. The molecule has 3 heterocycles. The number of carbonyl (C=O) groups excluding carboxylic acids is 1. The number of esters is 1. The van der Waals surface area contributed by atoms with Crippen LogP contribution in [-0.2, 0) is 33.2 Å². The Morgan fingerprint density at radius 1 is 0.706 bits per heavy atom. The van der Waals surface area contributed by atoms with E-state index in [1.54, 1.807) is 6.92 Å². The predicted octanol–water partition coefficient (Wildman–Crippen LogP) is -2.06. The van der Waals surface area contributed by atoms with Gasteiger partial charge in [0.15, 0.2) is 12.6 Å². The molecule has 390 valence electrons. The van der Waals surface area contributed by atoms with Crippen molar-refractivity contribution < 1.29 is 99.6 Å². The number of allylic oxidation sites excluding steroid dienone is 2. The van der Waals surface area contributed by atoms with E-state index in [1.165, 1.54) is 6.92 Å². The van der Waals surface area contributed by atoms with Crippen molar-refractivity contribution in [1.29, 1.82) is 0 Å². The first kappa shape index (κ1) is 52.8. The first-order chi connectivity index (χ1) is 31.8. The molecule has 4 saturated carbocycles. The van der Waals surface area contributed by atoms with Gasteiger partial charge in [-0.25, -0.2) is 0 Å². The van der Waals surface area contributed by atoms with Crippen LogP contribution >= 0.6 is 0 Å². The van der Waals surface area contributed by atoms with Crippen LogP contribution in [0.5, 0.6) is 0 Å². The smallest absolute Gasteiger partial charge is 0.315 e. The number of ether oxygens (including phenoxy) is 6. The van der Waals surface area contributed by atoms with E-state index in [-0.39, 0.29) is 30.1 Å². The average molecular weight is 975 g/mol. The highest BCUT2D eigenvalue weighted by atomic mass is 16.8. The largest absolute Gasteiger partial charge is 0.432 e.